The summed E-state index contributed by atoms with van der Waals surface area (Å²) >= 11 is 0. The topological polar surface area (TPSA) is 110 Å². The van der Waals surface area contributed by atoms with Gasteiger partial charge in [0.15, 0.2) is 9.84 Å². The lowest BCUT2D eigenvalue weighted by molar-refractivity contribution is -0.125. The molecule has 0 aromatic carbocycles. The maximum absolute atomic E-state index is 13.3. The summed E-state index contributed by atoms with van der Waals surface area (Å²) in [7, 11) is -3.45. The van der Waals surface area contributed by atoms with Crippen molar-refractivity contribution in [3.8, 4) is 0 Å². The number of hydrogen-bond donors (Lipinski definition) is 1. The number of pyridine rings is 1. The Morgan fingerprint density at radius 3 is 2.38 bits per heavy atom. The van der Waals surface area contributed by atoms with E-state index in [1.807, 2.05) is 34.6 Å². The average molecular weight is 531 g/mol. The average Bonchev–Trinajstić information content (AvgIpc) is 3.25. The van der Waals surface area contributed by atoms with Gasteiger partial charge in [-0.15, -0.1) is 0 Å². The van der Waals surface area contributed by atoms with Crippen molar-refractivity contribution in [2.24, 2.45) is 23.7 Å². The molecule has 10 heteroatoms. The van der Waals surface area contributed by atoms with Crippen LogP contribution in [0.1, 0.15) is 66.1 Å². The first kappa shape index (κ1) is 26.0. The number of fused-ring (bicyclic) bond motifs is 2. The van der Waals surface area contributed by atoms with Gasteiger partial charge >= 0.3 is 6.09 Å². The second kappa shape index (κ2) is 8.99. The van der Waals surface area contributed by atoms with Crippen molar-refractivity contribution in [2.75, 3.05) is 18.8 Å². The molecular weight excluding hydrogens is 492 g/mol. The number of aromatic nitrogens is 2. The molecule has 3 fully saturated rings. The predicted octanol–water partition coefficient (Wildman–Crippen LogP) is 3.76. The molecule has 2 aliphatic carbocycles. The highest BCUT2D eigenvalue weighted by molar-refractivity contribution is 7.91. The standard InChI is InChI=1S/C27H38N4O5S/c1-26(2,3)36-25(33)30-14-18-19(15-30)22(18)23(32)29-27(4,5)24-28-13-20-21(11-8-12-31(20)24)37(34,35)16-17-9-6-7-10-17/h8,11-13,17-19,22H,6-7,9-10,14-16H2,1-5H3,(H,29,32)/t18-,19+,22?. The first-order chi connectivity index (χ1) is 17.3. The van der Waals surface area contributed by atoms with E-state index in [-0.39, 0.29) is 41.4 Å². The number of hydrogen-bond acceptors (Lipinski definition) is 6. The summed E-state index contributed by atoms with van der Waals surface area (Å²) in [6.07, 6.45) is 7.17. The van der Waals surface area contributed by atoms with Crippen LogP contribution in [0.2, 0.25) is 0 Å². The Morgan fingerprint density at radius 1 is 1.11 bits per heavy atom. The van der Waals surface area contributed by atoms with E-state index in [0.717, 1.165) is 25.7 Å². The van der Waals surface area contributed by atoms with Crippen molar-refractivity contribution < 1.29 is 22.7 Å². The lowest BCUT2D eigenvalue weighted by Gasteiger charge is -2.27. The molecule has 2 aromatic heterocycles. The molecule has 3 aliphatic rings. The van der Waals surface area contributed by atoms with E-state index < -0.39 is 21.0 Å². The Morgan fingerprint density at radius 2 is 1.76 bits per heavy atom. The van der Waals surface area contributed by atoms with Crippen molar-refractivity contribution in [1.82, 2.24) is 19.6 Å². The number of sulfone groups is 1. The third-order valence-corrected chi connectivity index (χ3v) is 9.87. The summed E-state index contributed by atoms with van der Waals surface area (Å²) in [5.74, 6) is 1.01. The maximum atomic E-state index is 13.3. The van der Waals surface area contributed by atoms with E-state index in [9.17, 15) is 18.0 Å². The first-order valence-electron chi connectivity index (χ1n) is 13.3. The molecule has 1 saturated heterocycles. The fourth-order valence-electron chi connectivity index (χ4n) is 6.14. The number of nitrogens with zero attached hydrogens (tertiary/aromatic N) is 3. The molecule has 5 rings (SSSR count). The van der Waals surface area contributed by atoms with Crippen LogP contribution in [0.5, 0.6) is 0 Å². The van der Waals surface area contributed by atoms with Crippen molar-refractivity contribution in [2.45, 2.75) is 76.3 Å². The number of amides is 2. The molecule has 2 aromatic rings. The summed E-state index contributed by atoms with van der Waals surface area (Å²) in [6, 6.07) is 3.38. The molecule has 3 heterocycles. The van der Waals surface area contributed by atoms with E-state index >= 15 is 0 Å². The number of likely N-dealkylation sites (tertiary alicyclic amines) is 1. The van der Waals surface area contributed by atoms with Gasteiger partial charge in [-0.05, 0) is 77.3 Å². The quantitative estimate of drug-likeness (QED) is 0.609. The highest BCUT2D eigenvalue weighted by Crippen LogP contribution is 2.52. The van der Waals surface area contributed by atoms with Crippen LogP contribution < -0.4 is 5.32 Å². The minimum absolute atomic E-state index is 0.0643. The normalized spacial score (nSPS) is 24.4. The molecule has 202 valence electrons. The molecule has 3 atom stereocenters. The van der Waals surface area contributed by atoms with Gasteiger partial charge in [0.25, 0.3) is 0 Å². The SMILES string of the molecule is CC(C)(C)OC(=O)N1C[C@@H]2C(C(=O)NC(C)(C)c3ncc4c(S(=O)(=O)CC5CCCC5)cccn34)[C@@H]2C1. The summed E-state index contributed by atoms with van der Waals surface area (Å²) < 4.78 is 33.7. The highest BCUT2D eigenvalue weighted by Gasteiger charge is 2.61. The largest absolute Gasteiger partial charge is 0.444 e. The predicted molar refractivity (Wildman–Crippen MR) is 139 cm³/mol. The fourth-order valence-corrected chi connectivity index (χ4v) is 8.03. The maximum Gasteiger partial charge on any atom is 0.410 e. The van der Waals surface area contributed by atoms with Crippen LogP contribution in [-0.4, -0.2) is 59.1 Å². The molecule has 1 N–H and O–H groups in total. The molecule has 9 nitrogen and oxygen atoms in total. The molecule has 0 radical (unpaired) electrons. The van der Waals surface area contributed by atoms with E-state index in [2.05, 4.69) is 10.3 Å². The van der Waals surface area contributed by atoms with Gasteiger partial charge in [0, 0.05) is 25.2 Å². The zero-order chi connectivity index (χ0) is 26.8. The molecule has 37 heavy (non-hydrogen) atoms. The van der Waals surface area contributed by atoms with Crippen LogP contribution in [0.25, 0.3) is 5.52 Å². The van der Waals surface area contributed by atoms with Crippen molar-refractivity contribution in [3.05, 3.63) is 30.4 Å². The monoisotopic (exact) mass is 530 g/mol. The Labute approximate surface area is 218 Å². The number of imidazole rings is 1. The zero-order valence-electron chi connectivity index (χ0n) is 22.4. The number of nitrogens with one attached hydrogen (secondary N) is 1. The van der Waals surface area contributed by atoms with Gasteiger partial charge < -0.3 is 19.4 Å². The van der Waals surface area contributed by atoms with Crippen LogP contribution in [0.4, 0.5) is 4.79 Å². The first-order valence-corrected chi connectivity index (χ1v) is 14.9. The number of carbonyl (C=O) groups excluding carboxylic acids is 2. The van der Waals surface area contributed by atoms with Crippen LogP contribution in [0.3, 0.4) is 0 Å². The van der Waals surface area contributed by atoms with Crippen LogP contribution >= 0.6 is 0 Å². The molecule has 0 bridgehead atoms. The molecule has 1 unspecified atom stereocenters. The lowest BCUT2D eigenvalue weighted by Crippen LogP contribution is -2.45. The molecule has 1 aliphatic heterocycles. The Kier molecular flexibility index (Phi) is 6.32. The van der Waals surface area contributed by atoms with Crippen LogP contribution in [0, 0.1) is 23.7 Å². The summed E-state index contributed by atoms with van der Waals surface area (Å²) in [5, 5.41) is 3.13. The minimum Gasteiger partial charge on any atom is -0.444 e. The summed E-state index contributed by atoms with van der Waals surface area (Å²) in [5.41, 5.74) is -0.832. The van der Waals surface area contributed by atoms with Gasteiger partial charge in [-0.3, -0.25) is 4.79 Å². The molecule has 2 amide bonds. The number of rotatable bonds is 6. The van der Waals surface area contributed by atoms with E-state index in [1.54, 1.807) is 33.8 Å². The number of ether oxygens (including phenoxy) is 1. The van der Waals surface area contributed by atoms with Gasteiger partial charge in [0.05, 0.1) is 27.9 Å². The van der Waals surface area contributed by atoms with Gasteiger partial charge in [-0.1, -0.05) is 12.8 Å². The molecular formula is C27H38N4O5S. The summed E-state index contributed by atoms with van der Waals surface area (Å²) in [6.45, 7) is 10.3. The van der Waals surface area contributed by atoms with Crippen molar-refractivity contribution in [3.63, 3.8) is 0 Å². The van der Waals surface area contributed by atoms with Crippen molar-refractivity contribution >= 4 is 27.4 Å². The summed E-state index contributed by atoms with van der Waals surface area (Å²) in [4.78, 5) is 32.1. The van der Waals surface area contributed by atoms with Gasteiger partial charge in [-0.25, -0.2) is 18.2 Å². The van der Waals surface area contributed by atoms with Gasteiger partial charge in [-0.2, -0.15) is 0 Å². The minimum atomic E-state index is -3.45. The van der Waals surface area contributed by atoms with E-state index in [0.29, 0.717) is 29.3 Å². The zero-order valence-corrected chi connectivity index (χ0v) is 23.2. The Balaban J connectivity index is 1.27. The Hall–Kier alpha value is -2.62. The van der Waals surface area contributed by atoms with Crippen LogP contribution in [0.15, 0.2) is 29.4 Å². The van der Waals surface area contributed by atoms with Crippen molar-refractivity contribution in [1.29, 1.82) is 0 Å². The number of carbonyl (C=O) groups is 2. The van der Waals surface area contributed by atoms with E-state index in [1.165, 1.54) is 0 Å². The highest BCUT2D eigenvalue weighted by atomic mass is 32.2. The third-order valence-electron chi connectivity index (χ3n) is 7.94. The molecule has 2 saturated carbocycles. The smallest absolute Gasteiger partial charge is 0.410 e. The fraction of sp³-hybridized carbons (Fsp3) is 0.667. The second-order valence-electron chi connectivity index (χ2n) is 12.5. The third kappa shape index (κ3) is 5.09. The molecule has 0 spiro atoms. The van der Waals surface area contributed by atoms with Crippen LogP contribution in [-0.2, 0) is 24.9 Å². The van der Waals surface area contributed by atoms with E-state index in [4.69, 9.17) is 4.74 Å². The Bertz CT molecular complexity index is 1310. The second-order valence-corrected chi connectivity index (χ2v) is 14.5. The van der Waals surface area contributed by atoms with Gasteiger partial charge in [0.1, 0.15) is 11.4 Å². The lowest BCUT2D eigenvalue weighted by atomic mass is 10.0. The number of piperidine rings is 1. The van der Waals surface area contributed by atoms with Gasteiger partial charge in [0.2, 0.25) is 5.91 Å².